The van der Waals surface area contributed by atoms with Gasteiger partial charge in [0.05, 0.1) is 6.42 Å². The summed E-state index contributed by atoms with van der Waals surface area (Å²) in [5.74, 6) is 2.63. The number of ketones is 1. The third-order valence-corrected chi connectivity index (χ3v) is 14.6. The van der Waals surface area contributed by atoms with Gasteiger partial charge in [0.2, 0.25) is 0 Å². The van der Waals surface area contributed by atoms with Crippen molar-refractivity contribution in [3.63, 3.8) is 0 Å². The summed E-state index contributed by atoms with van der Waals surface area (Å²) in [6.45, 7) is 19.6. The maximum atomic E-state index is 13.8. The van der Waals surface area contributed by atoms with Crippen LogP contribution < -0.4 is 5.32 Å². The number of ether oxygens (including phenoxy) is 1. The van der Waals surface area contributed by atoms with Gasteiger partial charge in [0.25, 0.3) is 0 Å². The van der Waals surface area contributed by atoms with Crippen LogP contribution in [-0.4, -0.2) is 52.9 Å². The lowest BCUT2D eigenvalue weighted by atomic mass is 9.36. The highest BCUT2D eigenvalue weighted by Gasteiger charge is 2.66. The molecule has 0 aliphatic heterocycles. The van der Waals surface area contributed by atoms with E-state index in [-0.39, 0.29) is 46.1 Å². The lowest BCUT2D eigenvalue weighted by Crippen LogP contribution is -2.63. The van der Waals surface area contributed by atoms with Crippen LogP contribution in [-0.2, 0) is 25.7 Å². The van der Waals surface area contributed by atoms with Gasteiger partial charge in [0.1, 0.15) is 18.7 Å². The van der Waals surface area contributed by atoms with Crippen molar-refractivity contribution in [3.05, 3.63) is 35.4 Å². The molecule has 8 atom stereocenters. The predicted molar refractivity (Wildman–Crippen MR) is 196 cm³/mol. The van der Waals surface area contributed by atoms with E-state index in [1.165, 1.54) is 31.3 Å². The zero-order chi connectivity index (χ0) is 36.7. The molecule has 278 valence electrons. The van der Waals surface area contributed by atoms with Crippen LogP contribution in [0.5, 0.6) is 0 Å². The highest BCUT2D eigenvalue weighted by atomic mass is 16.5. The Morgan fingerprint density at radius 2 is 1.68 bits per heavy atom. The summed E-state index contributed by atoms with van der Waals surface area (Å²) in [5.41, 5.74) is 3.41. The number of carbonyl (C=O) groups excluding carboxylic acids is 3. The van der Waals surface area contributed by atoms with Gasteiger partial charge in [-0.3, -0.25) is 9.59 Å². The number of aliphatic hydroxyl groups is 1. The number of esters is 1. The first-order valence-corrected chi connectivity index (χ1v) is 19.4. The minimum Gasteiger partial charge on any atom is -0.462 e. The van der Waals surface area contributed by atoms with Crippen molar-refractivity contribution in [2.45, 2.75) is 139 Å². The Balaban J connectivity index is 0.00000239. The third-order valence-electron chi connectivity index (χ3n) is 14.6. The van der Waals surface area contributed by atoms with Gasteiger partial charge < -0.3 is 20.0 Å². The van der Waals surface area contributed by atoms with Gasteiger partial charge in [-0.2, -0.15) is 0 Å². The molecular formula is C42H65N3O5. The average molecular weight is 692 g/mol. The van der Waals surface area contributed by atoms with E-state index in [0.29, 0.717) is 35.9 Å². The first-order valence-electron chi connectivity index (χ1n) is 19.4. The molecule has 0 radical (unpaired) electrons. The van der Waals surface area contributed by atoms with Crippen LogP contribution in [0.15, 0.2) is 29.9 Å². The normalized spacial score (nSPS) is 36.0. The van der Waals surface area contributed by atoms with Gasteiger partial charge in [0.15, 0.2) is 5.78 Å². The minimum atomic E-state index is -0.698. The van der Waals surface area contributed by atoms with Crippen molar-refractivity contribution < 1.29 is 24.2 Å². The largest absolute Gasteiger partial charge is 0.462 e. The van der Waals surface area contributed by atoms with Gasteiger partial charge in [-0.05, 0) is 110 Å². The molecule has 0 bridgehead atoms. The van der Waals surface area contributed by atoms with Crippen molar-refractivity contribution in [1.29, 1.82) is 0 Å². The number of hydrogen-bond acceptors (Lipinski definition) is 8. The van der Waals surface area contributed by atoms with Crippen LogP contribution in [0.25, 0.3) is 0 Å². The second-order valence-corrected chi connectivity index (χ2v) is 18.6. The number of rotatable bonds is 10. The highest BCUT2D eigenvalue weighted by molar-refractivity contribution is 6.00. The molecule has 1 aromatic rings. The minimum absolute atomic E-state index is 0.00924. The number of Topliss-reactive ketones (excluding diaryl/α,β-unsaturated/α-hetero) is 1. The molecule has 2 N–H and O–H groups in total. The monoisotopic (exact) mass is 691 g/mol. The maximum Gasteiger partial charge on any atom is 0.307 e. The van der Waals surface area contributed by atoms with E-state index >= 15 is 0 Å². The fourth-order valence-electron chi connectivity index (χ4n) is 12.5. The molecule has 0 amide bonds. The van der Waals surface area contributed by atoms with Gasteiger partial charge in [0, 0.05) is 54.3 Å². The standard InChI is InChI=1S/C41H61N3O4.CH4O/c1-26(2)35-30(46)19-41(17-18-42-21-27-22-43-25-44-23-27)16-11-29-28(36(35)41)9-10-32-39(29,7)14-12-31-38(5,6)33(13-15-40(31,32)8)48-34(47)20-37(3,4)24-45;1-2/h22-26,28-29,31-33,42H,9-21H2,1-8H3;2H,1H3. The number of allylic oxidation sites excluding steroid dienone is 2. The fourth-order valence-corrected chi connectivity index (χ4v) is 12.5. The Morgan fingerprint density at radius 1 is 1.00 bits per heavy atom. The fraction of sp³-hybridized carbons (Fsp3) is 0.786. The molecule has 50 heavy (non-hydrogen) atoms. The van der Waals surface area contributed by atoms with E-state index in [1.54, 1.807) is 25.7 Å². The number of nitrogens with zero attached hydrogens (tertiary/aromatic N) is 2. The number of hydrogen-bond donors (Lipinski definition) is 2. The SMILES string of the molecule is CC(C)C1=C2C3CCC4C(C)(CCC5C(C)(C)C(OC(=O)CC(C)(C)C=O)CCC54C)C3CCC2(CCNCc2cncnc2)CC1=O.CO. The molecule has 5 aliphatic rings. The maximum absolute atomic E-state index is 13.8. The van der Waals surface area contributed by atoms with Crippen LogP contribution in [0, 0.1) is 56.7 Å². The van der Waals surface area contributed by atoms with Crippen LogP contribution in [0.1, 0.15) is 132 Å². The van der Waals surface area contributed by atoms with Crippen molar-refractivity contribution in [1.82, 2.24) is 15.3 Å². The number of aldehydes is 1. The quantitative estimate of drug-likeness (QED) is 0.146. The number of fused-ring (bicyclic) bond motifs is 7. The van der Waals surface area contributed by atoms with Gasteiger partial charge in [-0.25, -0.2) is 9.97 Å². The summed E-state index contributed by atoms with van der Waals surface area (Å²) in [6.07, 6.45) is 16.9. The summed E-state index contributed by atoms with van der Waals surface area (Å²) in [4.78, 5) is 46.7. The average Bonchev–Trinajstić information content (AvgIpc) is 3.38. The number of aliphatic hydroxyl groups excluding tert-OH is 1. The van der Waals surface area contributed by atoms with E-state index in [2.05, 4.69) is 56.8 Å². The smallest absolute Gasteiger partial charge is 0.307 e. The number of nitrogens with one attached hydrogen (secondary N) is 1. The van der Waals surface area contributed by atoms with Crippen LogP contribution >= 0.6 is 0 Å². The summed E-state index contributed by atoms with van der Waals surface area (Å²) in [5, 5.41) is 10.7. The second-order valence-electron chi connectivity index (χ2n) is 18.6. The lowest BCUT2D eigenvalue weighted by molar-refractivity contribution is -0.213. The van der Waals surface area contributed by atoms with E-state index in [9.17, 15) is 14.4 Å². The number of aromatic nitrogens is 2. The Labute approximate surface area is 301 Å². The number of carbonyl (C=O) groups is 3. The zero-order valence-electron chi connectivity index (χ0n) is 32.4. The molecule has 0 saturated heterocycles. The first-order chi connectivity index (χ1) is 23.6. The molecule has 0 aromatic carbocycles. The third kappa shape index (κ3) is 6.77. The highest BCUT2D eigenvalue weighted by Crippen LogP contribution is 2.73. The van der Waals surface area contributed by atoms with Crippen molar-refractivity contribution in [2.75, 3.05) is 13.7 Å². The summed E-state index contributed by atoms with van der Waals surface area (Å²) in [6, 6.07) is 0. The van der Waals surface area contributed by atoms with Crippen molar-refractivity contribution in [3.8, 4) is 0 Å². The van der Waals surface area contributed by atoms with Crippen molar-refractivity contribution in [2.24, 2.45) is 56.7 Å². The molecule has 1 aromatic heterocycles. The van der Waals surface area contributed by atoms with Crippen LogP contribution in [0.4, 0.5) is 0 Å². The molecule has 8 unspecified atom stereocenters. The Bertz CT molecular complexity index is 1440. The zero-order valence-corrected chi connectivity index (χ0v) is 32.4. The van der Waals surface area contributed by atoms with Gasteiger partial charge in [-0.1, -0.05) is 61.0 Å². The molecule has 8 heteroatoms. The predicted octanol–water partition coefficient (Wildman–Crippen LogP) is 7.68. The van der Waals surface area contributed by atoms with Crippen LogP contribution in [0.2, 0.25) is 0 Å². The molecule has 1 heterocycles. The molecule has 8 nitrogen and oxygen atoms in total. The molecule has 4 fully saturated rings. The van der Waals surface area contributed by atoms with Gasteiger partial charge in [-0.15, -0.1) is 0 Å². The molecule has 0 spiro atoms. The summed E-state index contributed by atoms with van der Waals surface area (Å²) in [7, 11) is 1.00. The van der Waals surface area contributed by atoms with E-state index < -0.39 is 5.41 Å². The molecule has 6 rings (SSSR count). The topological polar surface area (TPSA) is 118 Å². The molecule has 5 aliphatic carbocycles. The van der Waals surface area contributed by atoms with E-state index in [4.69, 9.17) is 9.84 Å². The molecular weight excluding hydrogens is 626 g/mol. The van der Waals surface area contributed by atoms with E-state index in [0.717, 1.165) is 64.2 Å². The van der Waals surface area contributed by atoms with E-state index in [1.807, 2.05) is 12.4 Å². The second kappa shape index (κ2) is 14.5. The summed E-state index contributed by atoms with van der Waals surface area (Å²) >= 11 is 0. The van der Waals surface area contributed by atoms with Gasteiger partial charge >= 0.3 is 5.97 Å². The van der Waals surface area contributed by atoms with Crippen LogP contribution in [0.3, 0.4) is 0 Å². The first kappa shape index (κ1) is 38.8. The van der Waals surface area contributed by atoms with Crippen molar-refractivity contribution >= 4 is 18.0 Å². The molecule has 4 saturated carbocycles. The Morgan fingerprint density at radius 3 is 2.34 bits per heavy atom. The Kier molecular flexibility index (Phi) is 11.3. The Hall–Kier alpha value is -2.45. The summed E-state index contributed by atoms with van der Waals surface area (Å²) < 4.78 is 6.21. The lowest BCUT2D eigenvalue weighted by Gasteiger charge is -2.69.